The predicted molar refractivity (Wildman–Crippen MR) is 392 cm³/mol. The molecule has 39 nitrogen and oxygen atoms in total. The van der Waals surface area contributed by atoms with Crippen LogP contribution in [0.2, 0.25) is 0 Å². The number of benzene rings is 2. The average Bonchev–Trinajstić information content (AvgIpc) is 0.814. The van der Waals surface area contributed by atoms with E-state index in [0.717, 1.165) is 13.0 Å². The molecule has 2 aromatic rings. The van der Waals surface area contributed by atoms with E-state index in [4.69, 9.17) is 57.6 Å². The van der Waals surface area contributed by atoms with Gasteiger partial charge in [0, 0.05) is 13.0 Å². The molecule has 14 atom stereocenters. The highest BCUT2D eigenvalue weighted by molar-refractivity contribution is 6.02. The number of carbonyl (C=O) groups is 15. The predicted octanol–water partition coefficient (Wildman–Crippen LogP) is -2.13. The van der Waals surface area contributed by atoms with Crippen LogP contribution in [0, 0.1) is 35.0 Å². The van der Waals surface area contributed by atoms with Crippen molar-refractivity contribution in [1.29, 1.82) is 5.41 Å². The summed E-state index contributed by atoms with van der Waals surface area (Å²) in [4.78, 5) is 195. The first-order chi connectivity index (χ1) is 53.1. The lowest BCUT2D eigenvalue weighted by atomic mass is 9.96. The molecule has 0 fully saturated rings. The molecule has 45 heteroatoms. The molecule has 0 bridgehead atoms. The number of primary amides is 1. The highest BCUT2D eigenvalue weighted by Gasteiger charge is 2.44. The van der Waals surface area contributed by atoms with Crippen molar-refractivity contribution in [2.24, 2.45) is 52.5 Å². The smallest absolute Gasteiger partial charge is 0.480 e. The van der Waals surface area contributed by atoms with E-state index in [0.29, 0.717) is 10.5 Å². The monoisotopic (exact) mass is 1660 g/mol. The Hall–Kier alpha value is -10.9. The van der Waals surface area contributed by atoms with Gasteiger partial charge in [0.1, 0.15) is 60.7 Å². The third-order valence-corrected chi connectivity index (χ3v) is 16.2. The molecule has 0 saturated carbocycles. The van der Waals surface area contributed by atoms with Crippen molar-refractivity contribution in [2.75, 3.05) is 19.7 Å². The molecule has 0 aliphatic rings. The zero-order chi connectivity index (χ0) is 88.9. The Labute approximate surface area is 657 Å². The number of carboxylic acids is 3. The van der Waals surface area contributed by atoms with Crippen molar-refractivity contribution in [3.05, 3.63) is 65.7 Å². The molecule has 0 saturated heterocycles. The van der Waals surface area contributed by atoms with Gasteiger partial charge < -0.3 is 116 Å². The second-order valence-electron chi connectivity index (χ2n) is 27.9. The number of guanidine groups is 1. The highest BCUT2D eigenvalue weighted by Crippen LogP contribution is 2.23. The number of amides is 11. The fraction of sp³-hybridized carbons (Fsp3) is 0.600. The van der Waals surface area contributed by atoms with Crippen LogP contribution in [0.1, 0.15) is 126 Å². The van der Waals surface area contributed by atoms with E-state index in [1.807, 2.05) is 24.5 Å². The number of nitrogens with two attached hydrogens (primary N) is 4. The van der Waals surface area contributed by atoms with Gasteiger partial charge in [-0.05, 0) is 91.9 Å². The molecule has 0 aromatic heterocycles. The fourth-order valence-electron chi connectivity index (χ4n) is 9.96. The lowest BCUT2D eigenvalue weighted by Gasteiger charge is -2.31. The van der Waals surface area contributed by atoms with Gasteiger partial charge in [-0.1, -0.05) is 118 Å². The summed E-state index contributed by atoms with van der Waals surface area (Å²) in [5, 5.41) is 96.1. The van der Waals surface area contributed by atoms with Crippen molar-refractivity contribution in [1.82, 2.24) is 52.8 Å². The molecule has 648 valence electrons. The molecule has 0 aliphatic carbocycles. The minimum atomic E-state index is -5.08. The summed E-state index contributed by atoms with van der Waals surface area (Å²) in [5.74, 6) is -22.1. The molecule has 115 heavy (non-hydrogen) atoms. The van der Waals surface area contributed by atoms with Crippen molar-refractivity contribution < 1.29 is 143 Å². The van der Waals surface area contributed by atoms with Crippen molar-refractivity contribution in [3.63, 3.8) is 0 Å². The number of hydrogen-bond acceptors (Lipinski definition) is 24. The van der Waals surface area contributed by atoms with Crippen LogP contribution in [-0.2, 0) is 84.9 Å². The van der Waals surface area contributed by atoms with Gasteiger partial charge in [0.15, 0.2) is 18.1 Å². The molecule has 11 amide bonds. The molecule has 2 aromatic carbocycles. The third kappa shape index (κ3) is 39.1. The Morgan fingerprint density at radius 3 is 1.53 bits per heavy atom. The summed E-state index contributed by atoms with van der Waals surface area (Å²) in [5.41, 5.74) is 23.4. The number of rotatable bonds is 43. The molecule has 0 aliphatic heterocycles. The number of aliphatic hydroxyl groups is 4. The number of carboxylic acid groups (broad SMARTS) is 3. The maximum absolute atomic E-state index is 14.5. The van der Waals surface area contributed by atoms with Crippen molar-refractivity contribution in [2.45, 2.75) is 219 Å². The van der Waals surface area contributed by atoms with Crippen LogP contribution in [0.5, 0.6) is 5.75 Å². The molecule has 0 heterocycles. The SMILES string of the molecule is CC[C@H](C)[C@H](NC(=O)[C@@H](CCCNC(=N)N)NC(=O)[C@H](CC(C)C)NC(=O)[C@@H](N)C(O)C(C)C)C(=O)N[C@H](C(=O)NCC(=O)NC(C(=O)NC(CO)C(=O)Oc1cccc(C[C@@H](C(=O)O)N(C(=O)OCc2ccccc2)C(=O)[C@H](CC(C)C)NC(=O)[C@H](N)CC(C)C)c1)[C@H](O)C(N)=O)[C@H](C)O.O=C(O)C(F)(F)F.O=C(O)C(F)(F)F. The van der Waals surface area contributed by atoms with Crippen LogP contribution in [0.3, 0.4) is 0 Å². The van der Waals surface area contributed by atoms with Crippen LogP contribution < -0.4 is 75.5 Å². The second-order valence-corrected chi connectivity index (χ2v) is 27.9. The Morgan fingerprint density at radius 2 is 1.05 bits per heavy atom. The van der Waals surface area contributed by atoms with Crippen LogP contribution in [0.25, 0.3) is 0 Å². The normalized spacial score (nSPS) is 15.0. The summed E-state index contributed by atoms with van der Waals surface area (Å²) >= 11 is 0. The number of aliphatic carboxylic acids is 3. The van der Waals surface area contributed by atoms with Gasteiger partial charge >= 0.3 is 42.3 Å². The molecular formula is C70H107F6N15O24. The second kappa shape index (κ2) is 50.4. The van der Waals surface area contributed by atoms with Crippen LogP contribution in [0.15, 0.2) is 54.6 Å². The van der Waals surface area contributed by atoms with Crippen LogP contribution in [0.4, 0.5) is 31.1 Å². The number of hydrogen-bond donors (Lipinski definition) is 21. The van der Waals surface area contributed by atoms with E-state index < -0.39 is 218 Å². The molecule has 25 N–H and O–H groups in total. The molecule has 0 spiro atoms. The Bertz CT molecular complexity index is 3570. The molecular weight excluding hydrogens is 1550 g/mol. The van der Waals surface area contributed by atoms with Crippen molar-refractivity contribution in [3.8, 4) is 5.75 Å². The Balaban J connectivity index is 0.00000843. The van der Waals surface area contributed by atoms with E-state index in [1.54, 1.807) is 85.7 Å². The van der Waals surface area contributed by atoms with Crippen molar-refractivity contribution >= 4 is 95.0 Å². The fourth-order valence-corrected chi connectivity index (χ4v) is 9.96. The number of carbonyl (C=O) groups excluding carboxylic acids is 12. The first kappa shape index (κ1) is 104. The molecule has 0 radical (unpaired) electrons. The maximum Gasteiger partial charge on any atom is 0.490 e. The van der Waals surface area contributed by atoms with Gasteiger partial charge in [-0.25, -0.2) is 28.9 Å². The standard InChI is InChI=1S/C66H105N15O20.2C2HF3O2/c1-12-36(10)49(79-56(89)42(22-17-23-72-65(70)71)74-57(90)43(25-33(4)5)75-58(91)48(68)52(85)35(8)9)60(93)80-50(37(11)83)59(92)73-29-47(84)78-51(53(86)54(69)87)61(94)77-45(30-82)64(98)101-40-21-16-20-39(27-40)28-46(63(96)97)81(66(99)100-31-38-18-14-13-15-19-38)62(95)44(26-34(6)7)76-55(88)41(67)24-32(2)3;2*3-2(4,5)1(6)7/h13-16,18-21,27,32-37,41-46,48-53,82-83,85-86H,12,17,22-26,28-31,67-68H2,1-11H3,(H2,69,87)(H,73,92)(H,74,90)(H,75,91)(H,76,88)(H,77,94)(H,78,84)(H,79,89)(H,80,93)(H,96,97)(H4,70,71,72);2*(H,6,7)/t36-,37-,41+,42+,43-,44-,45?,46-,48-,49-,50-,51?,52?,53-;;/m0../s1. The average molecular weight is 1660 g/mol. The van der Waals surface area contributed by atoms with Gasteiger partial charge in [-0.3, -0.25) is 53.4 Å². The summed E-state index contributed by atoms with van der Waals surface area (Å²) in [6, 6.07) is -3.22. The number of aliphatic hydroxyl groups excluding tert-OH is 4. The van der Waals surface area contributed by atoms with E-state index in [-0.39, 0.29) is 80.1 Å². The largest absolute Gasteiger partial charge is 0.490 e. The van der Waals surface area contributed by atoms with Crippen LogP contribution >= 0.6 is 0 Å². The highest BCUT2D eigenvalue weighted by atomic mass is 19.4. The van der Waals surface area contributed by atoms with E-state index in [9.17, 15) is 114 Å². The van der Waals surface area contributed by atoms with E-state index >= 15 is 0 Å². The number of nitrogens with zero attached hydrogens (tertiary/aromatic N) is 1. The van der Waals surface area contributed by atoms with Gasteiger partial charge in [0.2, 0.25) is 53.2 Å². The first-order valence-corrected chi connectivity index (χ1v) is 35.7. The Morgan fingerprint density at radius 1 is 0.565 bits per heavy atom. The number of esters is 1. The van der Waals surface area contributed by atoms with Gasteiger partial charge in [0.25, 0.3) is 5.91 Å². The molecule has 2 rings (SSSR count). The summed E-state index contributed by atoms with van der Waals surface area (Å²) in [6.45, 7) is 15.6. The summed E-state index contributed by atoms with van der Waals surface area (Å²) in [6.07, 6.45) is -17.3. The number of imide groups is 1. The van der Waals surface area contributed by atoms with Crippen LogP contribution in [-0.4, -0.2) is 246 Å². The maximum atomic E-state index is 14.5. The van der Waals surface area contributed by atoms with Gasteiger partial charge in [-0.2, -0.15) is 26.3 Å². The Kier molecular flexibility index (Phi) is 45.6. The zero-order valence-corrected chi connectivity index (χ0v) is 65.0. The first-order valence-electron chi connectivity index (χ1n) is 35.7. The van der Waals surface area contributed by atoms with Gasteiger partial charge in [-0.15, -0.1) is 0 Å². The number of alkyl halides is 6. The topological polar surface area (TPSA) is 656 Å². The van der Waals surface area contributed by atoms with Gasteiger partial charge in [0.05, 0.1) is 31.4 Å². The molecule has 3 unspecified atom stereocenters. The number of ether oxygens (including phenoxy) is 2. The van der Waals surface area contributed by atoms with E-state index in [2.05, 4.69) is 37.2 Å². The zero-order valence-electron chi connectivity index (χ0n) is 65.0. The summed E-state index contributed by atoms with van der Waals surface area (Å²) in [7, 11) is 0. The minimum absolute atomic E-state index is 0.0210. The van der Waals surface area contributed by atoms with E-state index in [1.165, 1.54) is 18.2 Å². The number of nitrogens with one attached hydrogen (secondary N) is 10. The third-order valence-electron chi connectivity index (χ3n) is 16.2. The quantitative estimate of drug-likeness (QED) is 0.00842. The summed E-state index contributed by atoms with van der Waals surface area (Å²) < 4.78 is 74.4. The minimum Gasteiger partial charge on any atom is -0.480 e. The number of halogens is 6. The lowest BCUT2D eigenvalue weighted by molar-refractivity contribution is -0.193. The lowest BCUT2D eigenvalue weighted by Crippen LogP contribution is -2.62.